The molecule has 1 saturated carbocycles. The first-order valence-electron chi connectivity index (χ1n) is 4.69. The van der Waals surface area contributed by atoms with Crippen LogP contribution in [0, 0.1) is 0 Å². The van der Waals surface area contributed by atoms with Crippen molar-refractivity contribution in [3.63, 3.8) is 0 Å². The number of aliphatic hydroxyl groups excluding tert-OH is 1. The van der Waals surface area contributed by atoms with E-state index >= 15 is 0 Å². The van der Waals surface area contributed by atoms with Gasteiger partial charge in [-0.15, -0.1) is 10.2 Å². The van der Waals surface area contributed by atoms with Crippen LogP contribution in [0.15, 0.2) is 3.92 Å². The first-order valence-corrected chi connectivity index (χ1v) is 6.30. The number of hydrogen-bond donors (Lipinski definition) is 2. The summed E-state index contributed by atoms with van der Waals surface area (Å²) in [6.07, 6.45) is 3.95. The van der Waals surface area contributed by atoms with Crippen molar-refractivity contribution in [2.75, 3.05) is 5.32 Å². The van der Waals surface area contributed by atoms with Gasteiger partial charge in [0.2, 0.25) is 5.13 Å². The topological polar surface area (TPSA) is 58.0 Å². The molecule has 1 aromatic rings. The zero-order valence-electron chi connectivity index (χ0n) is 7.61. The van der Waals surface area contributed by atoms with Gasteiger partial charge in [0.25, 0.3) is 0 Å². The molecule has 0 aromatic carbocycles. The summed E-state index contributed by atoms with van der Waals surface area (Å²) in [6.45, 7) is 0. The van der Waals surface area contributed by atoms with Crippen molar-refractivity contribution in [1.29, 1.82) is 0 Å². The van der Waals surface area contributed by atoms with E-state index in [2.05, 4.69) is 31.4 Å². The fraction of sp³-hybridized carbons (Fsp3) is 0.750. The van der Waals surface area contributed by atoms with E-state index in [0.717, 1.165) is 28.3 Å². The number of aliphatic hydroxyl groups is 1. The highest BCUT2D eigenvalue weighted by atomic mass is 79.9. The van der Waals surface area contributed by atoms with Crippen molar-refractivity contribution in [3.8, 4) is 0 Å². The van der Waals surface area contributed by atoms with Gasteiger partial charge in [-0.25, -0.2) is 0 Å². The van der Waals surface area contributed by atoms with E-state index in [-0.39, 0.29) is 12.1 Å². The molecule has 1 fully saturated rings. The maximum Gasteiger partial charge on any atom is 0.206 e. The molecule has 2 unspecified atom stereocenters. The number of nitrogens with zero attached hydrogens (tertiary/aromatic N) is 2. The van der Waals surface area contributed by atoms with Gasteiger partial charge in [0.05, 0.1) is 12.1 Å². The van der Waals surface area contributed by atoms with Gasteiger partial charge in [0.15, 0.2) is 3.92 Å². The van der Waals surface area contributed by atoms with Crippen LogP contribution in [-0.4, -0.2) is 27.4 Å². The maximum atomic E-state index is 9.72. The van der Waals surface area contributed by atoms with E-state index in [4.69, 9.17) is 0 Å². The van der Waals surface area contributed by atoms with Crippen LogP contribution >= 0.6 is 27.3 Å². The highest BCUT2D eigenvalue weighted by molar-refractivity contribution is 9.11. The lowest BCUT2D eigenvalue weighted by Crippen LogP contribution is -2.36. The normalized spacial score (nSPS) is 27.6. The van der Waals surface area contributed by atoms with Gasteiger partial charge < -0.3 is 10.4 Å². The molecule has 14 heavy (non-hydrogen) atoms. The van der Waals surface area contributed by atoms with Crippen LogP contribution < -0.4 is 5.32 Å². The Hall–Kier alpha value is -0.200. The molecule has 2 atom stereocenters. The first-order chi connectivity index (χ1) is 6.75. The third kappa shape index (κ3) is 2.43. The maximum absolute atomic E-state index is 9.72. The molecule has 0 amide bonds. The largest absolute Gasteiger partial charge is 0.391 e. The third-order valence-corrected chi connectivity index (χ3v) is 3.73. The Balaban J connectivity index is 1.95. The van der Waals surface area contributed by atoms with E-state index in [1.807, 2.05) is 0 Å². The van der Waals surface area contributed by atoms with Crippen LogP contribution in [-0.2, 0) is 0 Å². The van der Waals surface area contributed by atoms with Gasteiger partial charge in [-0.3, -0.25) is 0 Å². The zero-order valence-corrected chi connectivity index (χ0v) is 10.0. The Morgan fingerprint density at radius 2 is 2.14 bits per heavy atom. The van der Waals surface area contributed by atoms with Crippen molar-refractivity contribution < 1.29 is 5.11 Å². The van der Waals surface area contributed by atoms with Gasteiger partial charge in [0.1, 0.15) is 0 Å². The highest BCUT2D eigenvalue weighted by Gasteiger charge is 2.23. The second-order valence-electron chi connectivity index (χ2n) is 3.46. The lowest BCUT2D eigenvalue weighted by molar-refractivity contribution is 0.116. The summed E-state index contributed by atoms with van der Waals surface area (Å²) in [5.74, 6) is 0. The Morgan fingerprint density at radius 1 is 1.36 bits per heavy atom. The number of aromatic nitrogens is 2. The molecule has 2 N–H and O–H groups in total. The number of anilines is 1. The van der Waals surface area contributed by atoms with Crippen molar-refractivity contribution in [1.82, 2.24) is 10.2 Å². The van der Waals surface area contributed by atoms with Crippen LogP contribution in [0.5, 0.6) is 0 Å². The minimum atomic E-state index is -0.244. The number of hydrogen-bond acceptors (Lipinski definition) is 5. The Kier molecular flexibility index (Phi) is 3.35. The predicted molar refractivity (Wildman–Crippen MR) is 59.5 cm³/mol. The van der Waals surface area contributed by atoms with Crippen molar-refractivity contribution >= 4 is 32.4 Å². The number of nitrogens with one attached hydrogen (secondary N) is 1. The lowest BCUT2D eigenvalue weighted by atomic mass is 9.93. The Bertz CT molecular complexity index is 307. The Labute approximate surface area is 94.9 Å². The van der Waals surface area contributed by atoms with Gasteiger partial charge in [-0.1, -0.05) is 24.2 Å². The summed E-state index contributed by atoms with van der Waals surface area (Å²) < 4.78 is 0.769. The summed E-state index contributed by atoms with van der Waals surface area (Å²) in [4.78, 5) is 0. The summed E-state index contributed by atoms with van der Waals surface area (Å²) in [5.41, 5.74) is 0. The molecule has 0 spiro atoms. The molecule has 1 heterocycles. The number of halogens is 1. The van der Waals surface area contributed by atoms with Crippen molar-refractivity contribution in [3.05, 3.63) is 3.92 Å². The van der Waals surface area contributed by atoms with E-state index in [1.54, 1.807) is 0 Å². The first kappa shape index (κ1) is 10.3. The molecule has 6 heteroatoms. The average Bonchev–Trinajstić information content (AvgIpc) is 2.56. The fourth-order valence-corrected chi connectivity index (χ4v) is 2.77. The van der Waals surface area contributed by atoms with Gasteiger partial charge in [-0.05, 0) is 28.8 Å². The van der Waals surface area contributed by atoms with Crippen LogP contribution in [0.2, 0.25) is 0 Å². The predicted octanol–water partition coefficient (Wildman–Crippen LogP) is 2.02. The molecule has 1 aromatic heterocycles. The van der Waals surface area contributed by atoms with Crippen LogP contribution in [0.25, 0.3) is 0 Å². The standard InChI is InChI=1S/C8H12BrN3OS/c9-7-11-12-8(14-7)10-5-3-1-2-4-6(5)13/h5-6,13H,1-4H2,(H,10,12). The second kappa shape index (κ2) is 4.55. The molecule has 1 aliphatic rings. The molecule has 0 saturated heterocycles. The quantitative estimate of drug-likeness (QED) is 0.869. The SMILES string of the molecule is OC1CCCCC1Nc1nnc(Br)s1. The van der Waals surface area contributed by atoms with E-state index in [0.29, 0.717) is 0 Å². The molecule has 0 radical (unpaired) electrons. The van der Waals surface area contributed by atoms with Gasteiger partial charge >= 0.3 is 0 Å². The summed E-state index contributed by atoms with van der Waals surface area (Å²) in [5, 5.41) is 21.5. The molecule has 78 valence electrons. The van der Waals surface area contributed by atoms with Crippen LogP contribution in [0.4, 0.5) is 5.13 Å². The minimum absolute atomic E-state index is 0.142. The zero-order chi connectivity index (χ0) is 9.97. The van der Waals surface area contributed by atoms with Gasteiger partial charge in [0, 0.05) is 0 Å². The lowest BCUT2D eigenvalue weighted by Gasteiger charge is -2.27. The molecular formula is C8H12BrN3OS. The molecule has 1 aliphatic carbocycles. The van der Waals surface area contributed by atoms with E-state index in [1.165, 1.54) is 17.8 Å². The molecule has 2 rings (SSSR count). The van der Waals surface area contributed by atoms with E-state index < -0.39 is 0 Å². The van der Waals surface area contributed by atoms with Gasteiger partial charge in [-0.2, -0.15) is 0 Å². The molecule has 4 nitrogen and oxygen atoms in total. The highest BCUT2D eigenvalue weighted by Crippen LogP contribution is 2.25. The molecule has 0 aliphatic heterocycles. The average molecular weight is 278 g/mol. The Morgan fingerprint density at radius 3 is 2.79 bits per heavy atom. The minimum Gasteiger partial charge on any atom is -0.391 e. The van der Waals surface area contributed by atoms with E-state index in [9.17, 15) is 5.11 Å². The molecule has 0 bridgehead atoms. The summed E-state index contributed by atoms with van der Waals surface area (Å²) in [7, 11) is 0. The smallest absolute Gasteiger partial charge is 0.206 e. The van der Waals surface area contributed by atoms with Crippen LogP contribution in [0.3, 0.4) is 0 Å². The van der Waals surface area contributed by atoms with Crippen molar-refractivity contribution in [2.45, 2.75) is 37.8 Å². The third-order valence-electron chi connectivity index (χ3n) is 2.44. The summed E-state index contributed by atoms with van der Waals surface area (Å²) >= 11 is 4.71. The molecular weight excluding hydrogens is 266 g/mol. The monoisotopic (exact) mass is 277 g/mol. The van der Waals surface area contributed by atoms with Crippen molar-refractivity contribution in [2.24, 2.45) is 0 Å². The summed E-state index contributed by atoms with van der Waals surface area (Å²) in [6, 6.07) is 0.142. The second-order valence-corrected chi connectivity index (χ2v) is 5.72. The fourth-order valence-electron chi connectivity index (χ4n) is 1.70. The van der Waals surface area contributed by atoms with Crippen LogP contribution in [0.1, 0.15) is 25.7 Å². The number of rotatable bonds is 2.